The van der Waals surface area contributed by atoms with Gasteiger partial charge >= 0.3 is 0 Å². The molecule has 0 unspecified atom stereocenters. The molecule has 7 nitrogen and oxygen atoms in total. The number of hydrogen-bond donors (Lipinski definition) is 0. The van der Waals surface area contributed by atoms with Gasteiger partial charge < -0.3 is 14.4 Å². The van der Waals surface area contributed by atoms with Crippen molar-refractivity contribution in [2.45, 2.75) is 25.8 Å². The third-order valence-electron chi connectivity index (χ3n) is 6.31. The Labute approximate surface area is 192 Å². The van der Waals surface area contributed by atoms with E-state index in [2.05, 4.69) is 55.6 Å². The van der Waals surface area contributed by atoms with Crippen LogP contribution in [0.1, 0.15) is 23.4 Å². The molecule has 2 aliphatic rings. The van der Waals surface area contributed by atoms with E-state index in [1.165, 1.54) is 17.0 Å². The second kappa shape index (κ2) is 7.50. The monoisotopic (exact) mass is 532 g/mol. The minimum Gasteiger partial charge on any atom is -0.368 e. The molecule has 5 heterocycles. The number of halogens is 1. The molecule has 0 spiro atoms. The van der Waals surface area contributed by atoms with Gasteiger partial charge in [-0.1, -0.05) is 0 Å². The summed E-state index contributed by atoms with van der Waals surface area (Å²) in [6.07, 6.45) is 4.05. The largest absolute Gasteiger partial charge is 0.368 e. The lowest BCUT2D eigenvalue weighted by Gasteiger charge is -2.40. The predicted molar refractivity (Wildman–Crippen MR) is 127 cm³/mol. The molecule has 3 aromatic heterocycles. The molecule has 2 atom stereocenters. The average Bonchev–Trinajstić information content (AvgIpc) is 3.34. The minimum atomic E-state index is -0.233. The summed E-state index contributed by atoms with van der Waals surface area (Å²) in [5.74, 6) is 0.489. The highest BCUT2D eigenvalue weighted by Crippen LogP contribution is 2.39. The molecule has 0 aromatic carbocycles. The molecule has 0 saturated carbocycles. The second-order valence-corrected chi connectivity index (χ2v) is 10.3. The molecular formula is C21H21IN6OS. The van der Waals surface area contributed by atoms with E-state index in [1.54, 1.807) is 11.6 Å². The van der Waals surface area contributed by atoms with E-state index in [1.807, 2.05) is 13.1 Å². The van der Waals surface area contributed by atoms with Gasteiger partial charge in [0.2, 0.25) is 0 Å². The first-order chi connectivity index (χ1) is 14.5. The van der Waals surface area contributed by atoms with Crippen LogP contribution >= 0.6 is 33.9 Å². The van der Waals surface area contributed by atoms with E-state index in [0.29, 0.717) is 12.0 Å². The Hall–Kier alpha value is -2.19. The maximum Gasteiger partial charge on any atom is 0.271 e. The van der Waals surface area contributed by atoms with Crippen LogP contribution in [-0.2, 0) is 7.05 Å². The highest BCUT2D eigenvalue weighted by atomic mass is 127. The average molecular weight is 532 g/mol. The Morgan fingerprint density at radius 1 is 1.30 bits per heavy atom. The maximum absolute atomic E-state index is 12.9. The fraction of sp³-hybridized carbons (Fsp3) is 0.429. The van der Waals surface area contributed by atoms with Crippen LogP contribution in [0.15, 0.2) is 23.1 Å². The SMILES string of the molecule is Cc1nc2c(N3CC[C@H]4[C@H](CCN4c4ccc(I)nc4)C3)c(C#N)c(=O)n(C)c2s1. The molecule has 0 N–H and O–H groups in total. The zero-order valence-corrected chi connectivity index (χ0v) is 19.8. The van der Waals surface area contributed by atoms with Gasteiger partial charge in [-0.3, -0.25) is 4.79 Å². The van der Waals surface area contributed by atoms with E-state index >= 15 is 0 Å². The zero-order chi connectivity index (χ0) is 21.0. The fourth-order valence-electron chi connectivity index (χ4n) is 4.93. The first-order valence-corrected chi connectivity index (χ1v) is 11.9. The molecule has 3 aromatic rings. The fourth-order valence-corrected chi connectivity index (χ4v) is 6.13. The van der Waals surface area contributed by atoms with Gasteiger partial charge in [0.05, 0.1) is 22.6 Å². The van der Waals surface area contributed by atoms with E-state index in [9.17, 15) is 10.1 Å². The summed E-state index contributed by atoms with van der Waals surface area (Å²) in [7, 11) is 1.73. The molecule has 2 aliphatic heterocycles. The molecule has 154 valence electrons. The lowest BCUT2D eigenvalue weighted by molar-refractivity contribution is 0.396. The van der Waals surface area contributed by atoms with Gasteiger partial charge in [0, 0.05) is 32.7 Å². The topological polar surface area (TPSA) is 78.1 Å². The normalized spacial score (nSPS) is 21.1. The van der Waals surface area contributed by atoms with Crippen molar-refractivity contribution in [2.24, 2.45) is 13.0 Å². The van der Waals surface area contributed by atoms with Crippen molar-refractivity contribution in [1.82, 2.24) is 14.5 Å². The smallest absolute Gasteiger partial charge is 0.271 e. The molecule has 0 bridgehead atoms. The predicted octanol–water partition coefficient (Wildman–Crippen LogP) is 3.28. The van der Waals surface area contributed by atoms with Crippen LogP contribution in [-0.4, -0.2) is 40.2 Å². The molecule has 30 heavy (non-hydrogen) atoms. The van der Waals surface area contributed by atoms with Gasteiger partial charge in [-0.05, 0) is 60.4 Å². The molecular weight excluding hydrogens is 511 g/mol. The number of anilines is 2. The Bertz CT molecular complexity index is 1230. The van der Waals surface area contributed by atoms with Gasteiger partial charge in [0.25, 0.3) is 5.56 Å². The number of hydrogen-bond acceptors (Lipinski definition) is 7. The number of fused-ring (bicyclic) bond motifs is 2. The van der Waals surface area contributed by atoms with Crippen LogP contribution in [0.3, 0.4) is 0 Å². The molecule has 0 radical (unpaired) electrons. The number of pyridine rings is 2. The van der Waals surface area contributed by atoms with Crippen LogP contribution < -0.4 is 15.4 Å². The lowest BCUT2D eigenvalue weighted by atomic mass is 9.92. The van der Waals surface area contributed by atoms with E-state index < -0.39 is 0 Å². The Balaban J connectivity index is 1.50. The summed E-state index contributed by atoms with van der Waals surface area (Å²) >= 11 is 3.74. The number of piperidine rings is 1. The molecule has 9 heteroatoms. The quantitative estimate of drug-likeness (QED) is 0.373. The third kappa shape index (κ3) is 3.08. The number of nitrogens with zero attached hydrogens (tertiary/aromatic N) is 6. The van der Waals surface area contributed by atoms with E-state index in [-0.39, 0.29) is 11.1 Å². The lowest BCUT2D eigenvalue weighted by Crippen LogP contribution is -2.47. The number of aromatic nitrogens is 3. The van der Waals surface area contributed by atoms with E-state index in [4.69, 9.17) is 4.98 Å². The number of aryl methyl sites for hydroxylation is 2. The summed E-state index contributed by atoms with van der Waals surface area (Å²) in [5.41, 5.74) is 2.67. The summed E-state index contributed by atoms with van der Waals surface area (Å²) in [6, 6.07) is 6.85. The van der Waals surface area contributed by atoms with E-state index in [0.717, 1.165) is 57.2 Å². The van der Waals surface area contributed by atoms with Gasteiger partial charge in [0.15, 0.2) is 0 Å². The van der Waals surface area contributed by atoms with Crippen LogP contribution in [0.4, 0.5) is 11.4 Å². The van der Waals surface area contributed by atoms with Crippen molar-refractivity contribution < 1.29 is 0 Å². The third-order valence-corrected chi connectivity index (χ3v) is 7.99. The first kappa shape index (κ1) is 19.8. The van der Waals surface area contributed by atoms with Crippen LogP contribution in [0.5, 0.6) is 0 Å². The number of nitriles is 1. The second-order valence-electron chi connectivity index (χ2n) is 7.97. The van der Waals surface area contributed by atoms with Gasteiger partial charge in [0.1, 0.15) is 25.7 Å². The van der Waals surface area contributed by atoms with Crippen molar-refractivity contribution in [2.75, 3.05) is 29.4 Å². The molecule has 0 amide bonds. The molecule has 0 aliphatic carbocycles. The highest BCUT2D eigenvalue weighted by Gasteiger charge is 2.40. The van der Waals surface area contributed by atoms with Crippen LogP contribution in [0.2, 0.25) is 0 Å². The molecule has 2 fully saturated rings. The summed E-state index contributed by atoms with van der Waals surface area (Å²) in [5, 5.41) is 10.7. The van der Waals surface area contributed by atoms with Crippen molar-refractivity contribution >= 4 is 55.6 Å². The summed E-state index contributed by atoms with van der Waals surface area (Å²) < 4.78 is 2.56. The summed E-state index contributed by atoms with van der Waals surface area (Å²) in [4.78, 5) is 27.6. The minimum absolute atomic E-state index is 0.213. The van der Waals surface area contributed by atoms with Gasteiger partial charge in [-0.25, -0.2) is 9.97 Å². The van der Waals surface area contributed by atoms with Crippen LogP contribution in [0.25, 0.3) is 10.3 Å². The number of thiazole rings is 1. The number of rotatable bonds is 2. The van der Waals surface area contributed by atoms with Crippen molar-refractivity contribution in [3.05, 3.63) is 43.0 Å². The van der Waals surface area contributed by atoms with Crippen molar-refractivity contribution in [3.8, 4) is 6.07 Å². The Morgan fingerprint density at radius 2 is 2.13 bits per heavy atom. The first-order valence-electron chi connectivity index (χ1n) is 10.0. The molecule has 5 rings (SSSR count). The standard InChI is InChI=1S/C21H21IN6OS/c1-12-25-18-19(15(9-23)20(29)26(2)21(18)30-12)27-7-6-16-13(11-27)5-8-28(16)14-3-4-17(22)24-10-14/h3-4,10,13,16H,5-8,11H2,1-2H3/t13-,16+/m1/s1. The highest BCUT2D eigenvalue weighted by molar-refractivity contribution is 14.1. The Kier molecular flexibility index (Phi) is 4.94. The maximum atomic E-state index is 12.9. The zero-order valence-electron chi connectivity index (χ0n) is 16.8. The van der Waals surface area contributed by atoms with Crippen molar-refractivity contribution in [3.63, 3.8) is 0 Å². The van der Waals surface area contributed by atoms with Crippen molar-refractivity contribution in [1.29, 1.82) is 5.26 Å². The van der Waals surface area contributed by atoms with Gasteiger partial charge in [-0.2, -0.15) is 5.26 Å². The summed E-state index contributed by atoms with van der Waals surface area (Å²) in [6.45, 7) is 4.61. The molecule has 2 saturated heterocycles. The Morgan fingerprint density at radius 3 is 2.87 bits per heavy atom. The van der Waals surface area contributed by atoms with Gasteiger partial charge in [-0.15, -0.1) is 11.3 Å². The van der Waals surface area contributed by atoms with Crippen LogP contribution in [0, 0.1) is 27.9 Å².